The van der Waals surface area contributed by atoms with Crippen molar-refractivity contribution in [1.82, 2.24) is 4.31 Å². The Morgan fingerprint density at radius 3 is 2.71 bits per heavy atom. The van der Waals surface area contributed by atoms with Crippen LogP contribution in [0.5, 0.6) is 0 Å². The number of para-hydroxylation sites is 1. The quantitative estimate of drug-likeness (QED) is 0.607. The molecule has 0 spiro atoms. The number of nitro benzene ring substituents is 1. The van der Waals surface area contributed by atoms with E-state index in [9.17, 15) is 23.3 Å². The van der Waals surface area contributed by atoms with Crippen molar-refractivity contribution in [3.8, 4) is 0 Å². The summed E-state index contributed by atoms with van der Waals surface area (Å²) in [6.07, 6.45) is 0.933. The Kier molecular flexibility index (Phi) is 4.38. The maximum Gasteiger partial charge on any atom is 0.289 e. The second-order valence-corrected chi connectivity index (χ2v) is 7.06. The van der Waals surface area contributed by atoms with Crippen molar-refractivity contribution < 1.29 is 18.1 Å². The van der Waals surface area contributed by atoms with E-state index in [1.165, 1.54) is 35.5 Å². The maximum absolute atomic E-state index is 12.5. The highest BCUT2D eigenvalue weighted by molar-refractivity contribution is 7.89. The molecule has 1 unspecified atom stereocenters. The lowest BCUT2D eigenvalue weighted by Gasteiger charge is -2.16. The molecular formula is C13H16N2O5S. The summed E-state index contributed by atoms with van der Waals surface area (Å²) in [6.45, 7) is 1.99. The molecule has 21 heavy (non-hydrogen) atoms. The Labute approximate surface area is 122 Å². The molecule has 0 aliphatic carbocycles. The van der Waals surface area contributed by atoms with Crippen molar-refractivity contribution >= 4 is 21.5 Å². The van der Waals surface area contributed by atoms with Gasteiger partial charge in [-0.15, -0.1) is 0 Å². The van der Waals surface area contributed by atoms with Crippen molar-refractivity contribution in [3.63, 3.8) is 0 Å². The molecule has 7 nitrogen and oxygen atoms in total. The maximum atomic E-state index is 12.5. The number of hydrogen-bond acceptors (Lipinski definition) is 5. The molecule has 0 aromatic heterocycles. The van der Waals surface area contributed by atoms with Gasteiger partial charge < -0.3 is 4.79 Å². The van der Waals surface area contributed by atoms with Crippen LogP contribution in [0.15, 0.2) is 29.2 Å². The Morgan fingerprint density at radius 2 is 2.10 bits per heavy atom. The number of sulfonamides is 1. The molecule has 0 bridgehead atoms. The van der Waals surface area contributed by atoms with Crippen molar-refractivity contribution in [3.05, 3.63) is 34.4 Å². The van der Waals surface area contributed by atoms with Crippen LogP contribution in [0.2, 0.25) is 0 Å². The number of rotatable bonds is 5. The second kappa shape index (κ2) is 5.90. The van der Waals surface area contributed by atoms with Crippen LogP contribution in [0.4, 0.5) is 5.69 Å². The molecule has 1 aromatic carbocycles. The van der Waals surface area contributed by atoms with Gasteiger partial charge in [0.05, 0.1) is 4.92 Å². The number of hydrogen-bond donors (Lipinski definition) is 0. The minimum Gasteiger partial charge on any atom is -0.300 e. The monoisotopic (exact) mass is 312 g/mol. The first-order valence-corrected chi connectivity index (χ1v) is 7.99. The molecule has 114 valence electrons. The number of carbonyl (C=O) groups is 1. The van der Waals surface area contributed by atoms with Gasteiger partial charge in [-0.05, 0) is 25.3 Å². The summed E-state index contributed by atoms with van der Waals surface area (Å²) in [5.74, 6) is 0.00461. The number of ketones is 1. The predicted octanol–water partition coefficient (Wildman–Crippen LogP) is 1.58. The van der Waals surface area contributed by atoms with Crippen molar-refractivity contribution in [2.24, 2.45) is 5.92 Å². The lowest BCUT2D eigenvalue weighted by atomic mass is 10.0. The van der Waals surface area contributed by atoms with Gasteiger partial charge in [-0.1, -0.05) is 12.1 Å². The fourth-order valence-corrected chi connectivity index (χ4v) is 4.24. The van der Waals surface area contributed by atoms with Crippen LogP contribution >= 0.6 is 0 Å². The van der Waals surface area contributed by atoms with E-state index in [0.717, 1.165) is 0 Å². The third-order valence-corrected chi connectivity index (χ3v) is 5.42. The van der Waals surface area contributed by atoms with Crippen LogP contribution in [-0.2, 0) is 14.8 Å². The van der Waals surface area contributed by atoms with E-state index in [1.807, 2.05) is 0 Å². The van der Waals surface area contributed by atoms with Crippen LogP contribution in [0.25, 0.3) is 0 Å². The van der Waals surface area contributed by atoms with Crippen LogP contribution in [0.1, 0.15) is 19.8 Å². The molecule has 1 heterocycles. The molecular weight excluding hydrogens is 296 g/mol. The van der Waals surface area contributed by atoms with E-state index in [1.54, 1.807) is 0 Å². The van der Waals surface area contributed by atoms with E-state index in [0.29, 0.717) is 12.8 Å². The van der Waals surface area contributed by atoms with Crippen LogP contribution in [0.3, 0.4) is 0 Å². The van der Waals surface area contributed by atoms with E-state index in [4.69, 9.17) is 0 Å². The molecule has 1 aromatic rings. The standard InChI is InChI=1S/C13H16N2O5S/c1-10(16)8-11-6-7-14(9-11)21(19,20)13-5-3-2-4-12(13)15(17)18/h2-5,11H,6-9H2,1H3. The number of benzene rings is 1. The summed E-state index contributed by atoms with van der Waals surface area (Å²) >= 11 is 0. The van der Waals surface area contributed by atoms with Crippen LogP contribution in [0, 0.1) is 16.0 Å². The fourth-order valence-electron chi connectivity index (χ4n) is 2.55. The third-order valence-electron chi connectivity index (χ3n) is 3.50. The predicted molar refractivity (Wildman–Crippen MR) is 75.3 cm³/mol. The van der Waals surface area contributed by atoms with Gasteiger partial charge in [-0.25, -0.2) is 8.42 Å². The third kappa shape index (κ3) is 3.27. The van der Waals surface area contributed by atoms with Crippen molar-refractivity contribution in [1.29, 1.82) is 0 Å². The summed E-state index contributed by atoms with van der Waals surface area (Å²) < 4.78 is 26.3. The smallest absolute Gasteiger partial charge is 0.289 e. The highest BCUT2D eigenvalue weighted by Crippen LogP contribution is 2.30. The van der Waals surface area contributed by atoms with E-state index in [2.05, 4.69) is 0 Å². The largest absolute Gasteiger partial charge is 0.300 e. The summed E-state index contributed by atoms with van der Waals surface area (Å²) in [5, 5.41) is 11.0. The Bertz CT molecular complexity index is 671. The molecule has 1 fully saturated rings. The fraction of sp³-hybridized carbons (Fsp3) is 0.462. The molecule has 1 aliphatic heterocycles. The summed E-state index contributed by atoms with van der Waals surface area (Å²) in [7, 11) is -3.90. The molecule has 0 radical (unpaired) electrons. The van der Waals surface area contributed by atoms with E-state index >= 15 is 0 Å². The molecule has 1 saturated heterocycles. The highest BCUT2D eigenvalue weighted by atomic mass is 32.2. The van der Waals surface area contributed by atoms with E-state index in [-0.39, 0.29) is 29.7 Å². The van der Waals surface area contributed by atoms with Gasteiger partial charge in [0.25, 0.3) is 5.69 Å². The first-order chi connectivity index (χ1) is 9.82. The lowest BCUT2D eigenvalue weighted by Crippen LogP contribution is -2.29. The molecule has 1 aliphatic rings. The van der Waals surface area contributed by atoms with Gasteiger partial charge in [0.1, 0.15) is 5.78 Å². The normalized spacial score (nSPS) is 19.6. The Morgan fingerprint density at radius 1 is 1.43 bits per heavy atom. The zero-order valence-corrected chi connectivity index (χ0v) is 12.4. The Balaban J connectivity index is 2.28. The van der Waals surface area contributed by atoms with Crippen molar-refractivity contribution in [2.45, 2.75) is 24.7 Å². The van der Waals surface area contributed by atoms with Crippen LogP contribution < -0.4 is 0 Å². The topological polar surface area (TPSA) is 97.6 Å². The molecule has 8 heteroatoms. The van der Waals surface area contributed by atoms with Gasteiger partial charge in [-0.2, -0.15) is 4.31 Å². The lowest BCUT2D eigenvalue weighted by molar-refractivity contribution is -0.387. The zero-order valence-electron chi connectivity index (χ0n) is 11.6. The summed E-state index contributed by atoms with van der Waals surface area (Å²) in [6, 6.07) is 5.31. The molecule has 1 atom stereocenters. The number of carbonyl (C=O) groups excluding carboxylic acids is 1. The van der Waals surface area contributed by atoms with Gasteiger partial charge in [0, 0.05) is 25.6 Å². The highest BCUT2D eigenvalue weighted by Gasteiger charge is 2.36. The van der Waals surface area contributed by atoms with Gasteiger partial charge >= 0.3 is 0 Å². The molecule has 0 saturated carbocycles. The molecule has 0 amide bonds. The first-order valence-electron chi connectivity index (χ1n) is 6.55. The molecule has 0 N–H and O–H groups in total. The van der Waals surface area contributed by atoms with Gasteiger partial charge in [-0.3, -0.25) is 10.1 Å². The number of nitro groups is 1. The minimum absolute atomic E-state index is 0.0138. The zero-order chi connectivity index (χ0) is 15.6. The number of Topliss-reactive ketones (excluding diaryl/α,β-unsaturated/α-hetero) is 1. The summed E-state index contributed by atoms with van der Waals surface area (Å²) in [5.41, 5.74) is -0.424. The summed E-state index contributed by atoms with van der Waals surface area (Å²) in [4.78, 5) is 21.1. The average molecular weight is 312 g/mol. The Hall–Kier alpha value is -1.80. The number of nitrogens with zero attached hydrogens (tertiary/aromatic N) is 2. The van der Waals surface area contributed by atoms with Gasteiger partial charge in [0.2, 0.25) is 10.0 Å². The molecule has 2 rings (SSSR count). The SMILES string of the molecule is CC(=O)CC1CCN(S(=O)(=O)c2ccccc2[N+](=O)[O-])C1. The first kappa shape index (κ1) is 15.6. The average Bonchev–Trinajstić information content (AvgIpc) is 2.87. The minimum atomic E-state index is -3.90. The van der Waals surface area contributed by atoms with Crippen LogP contribution in [-0.4, -0.2) is 36.5 Å². The van der Waals surface area contributed by atoms with Gasteiger partial charge in [0.15, 0.2) is 4.90 Å². The van der Waals surface area contributed by atoms with Crippen molar-refractivity contribution in [2.75, 3.05) is 13.1 Å². The second-order valence-electron chi connectivity index (χ2n) is 5.15. The van der Waals surface area contributed by atoms with E-state index < -0.39 is 20.6 Å².